The average Bonchev–Trinajstić information content (AvgIpc) is 2.95. The number of ether oxygens (including phenoxy) is 1. The predicted molar refractivity (Wildman–Crippen MR) is 106 cm³/mol. The summed E-state index contributed by atoms with van der Waals surface area (Å²) >= 11 is 0. The van der Waals surface area contributed by atoms with Gasteiger partial charge >= 0.3 is 5.97 Å². The summed E-state index contributed by atoms with van der Waals surface area (Å²) in [5.41, 5.74) is 1.18. The molecule has 1 aliphatic heterocycles. The Balaban J connectivity index is 2.39. The van der Waals surface area contributed by atoms with Crippen molar-refractivity contribution in [2.45, 2.75) is 52.5 Å². The highest BCUT2D eigenvalue weighted by Crippen LogP contribution is 2.38. The van der Waals surface area contributed by atoms with Gasteiger partial charge in [-0.1, -0.05) is 45.2 Å². The van der Waals surface area contributed by atoms with Crippen molar-refractivity contribution >= 4 is 17.7 Å². The number of esters is 1. The largest absolute Gasteiger partial charge is 0.503 e. The number of rotatable bonds is 9. The molecule has 0 aliphatic carbocycles. The number of nitrogens with zero attached hydrogens (tertiary/aromatic N) is 1. The molecule has 0 saturated heterocycles. The summed E-state index contributed by atoms with van der Waals surface area (Å²) in [7, 11) is 1.31. The summed E-state index contributed by atoms with van der Waals surface area (Å²) < 4.78 is 4.71. The van der Waals surface area contributed by atoms with Crippen molar-refractivity contribution in [2.75, 3.05) is 13.7 Å². The maximum Gasteiger partial charge on any atom is 0.337 e. The van der Waals surface area contributed by atoms with Gasteiger partial charge in [0, 0.05) is 6.54 Å². The molecule has 28 heavy (non-hydrogen) atoms. The Kier molecular flexibility index (Phi) is 7.38. The van der Waals surface area contributed by atoms with E-state index in [0.29, 0.717) is 23.6 Å². The number of unbranched alkanes of at least 4 members (excludes halogenated alkanes) is 1. The van der Waals surface area contributed by atoms with Crippen LogP contribution in [0.1, 0.15) is 68.4 Å². The SMILES string of the molecule is CCCC[C@H](CC)CN1C(=O)C(O)=C(C(C)=O)[C@@H]1c1ccc(C(=O)OC)cc1. The van der Waals surface area contributed by atoms with Crippen molar-refractivity contribution < 1.29 is 24.2 Å². The van der Waals surface area contributed by atoms with Crippen LogP contribution in [0.3, 0.4) is 0 Å². The van der Waals surface area contributed by atoms with Crippen molar-refractivity contribution in [3.8, 4) is 0 Å². The molecule has 0 saturated carbocycles. The van der Waals surface area contributed by atoms with Crippen LogP contribution in [-0.4, -0.2) is 41.3 Å². The number of aliphatic hydroxyl groups is 1. The lowest BCUT2D eigenvalue weighted by Crippen LogP contribution is -2.35. The quantitative estimate of drug-likeness (QED) is 0.648. The van der Waals surface area contributed by atoms with Crippen LogP contribution in [0.4, 0.5) is 0 Å². The van der Waals surface area contributed by atoms with Crippen molar-refractivity contribution in [2.24, 2.45) is 5.92 Å². The normalized spacial score (nSPS) is 17.8. The van der Waals surface area contributed by atoms with Crippen LogP contribution in [0.25, 0.3) is 0 Å². The summed E-state index contributed by atoms with van der Waals surface area (Å²) in [5.74, 6) is -1.49. The second kappa shape index (κ2) is 9.53. The van der Waals surface area contributed by atoms with E-state index in [-0.39, 0.29) is 11.4 Å². The predicted octanol–water partition coefficient (Wildman–Crippen LogP) is 3.97. The molecule has 0 unspecified atom stereocenters. The number of hydrogen-bond acceptors (Lipinski definition) is 5. The van der Waals surface area contributed by atoms with Gasteiger partial charge in [0.1, 0.15) is 0 Å². The molecule has 0 spiro atoms. The van der Waals surface area contributed by atoms with Gasteiger partial charge in [0.15, 0.2) is 11.5 Å². The first-order valence-electron chi connectivity index (χ1n) is 9.78. The second-order valence-electron chi connectivity index (χ2n) is 7.21. The van der Waals surface area contributed by atoms with Crippen LogP contribution in [0.15, 0.2) is 35.6 Å². The Labute approximate surface area is 166 Å². The molecule has 1 amide bonds. The van der Waals surface area contributed by atoms with E-state index in [2.05, 4.69) is 13.8 Å². The molecule has 1 aliphatic rings. The summed E-state index contributed by atoms with van der Waals surface area (Å²) in [4.78, 5) is 38.2. The number of aliphatic hydroxyl groups excluding tert-OH is 1. The van der Waals surface area contributed by atoms with Crippen LogP contribution in [0.5, 0.6) is 0 Å². The Morgan fingerprint density at radius 3 is 2.36 bits per heavy atom. The number of amides is 1. The monoisotopic (exact) mass is 387 g/mol. The number of Topliss-reactive ketones (excluding diaryl/α,β-unsaturated/α-hetero) is 1. The van der Waals surface area contributed by atoms with Crippen LogP contribution in [0.2, 0.25) is 0 Å². The minimum absolute atomic E-state index is 0.112. The van der Waals surface area contributed by atoms with Gasteiger partial charge in [-0.05, 0) is 37.0 Å². The molecule has 1 aromatic rings. The zero-order chi connectivity index (χ0) is 20.8. The van der Waals surface area contributed by atoms with Gasteiger partial charge in [0.25, 0.3) is 5.91 Å². The van der Waals surface area contributed by atoms with Crippen molar-refractivity contribution in [1.82, 2.24) is 4.90 Å². The third-order valence-corrected chi connectivity index (χ3v) is 5.33. The molecule has 6 nitrogen and oxygen atoms in total. The minimum Gasteiger partial charge on any atom is -0.503 e. The fraction of sp³-hybridized carbons (Fsp3) is 0.500. The maximum absolute atomic E-state index is 12.7. The van der Waals surface area contributed by atoms with E-state index < -0.39 is 23.7 Å². The number of carbonyl (C=O) groups excluding carboxylic acids is 3. The van der Waals surface area contributed by atoms with E-state index >= 15 is 0 Å². The molecule has 1 heterocycles. The van der Waals surface area contributed by atoms with Gasteiger partial charge in [0.05, 0.1) is 24.3 Å². The molecular weight excluding hydrogens is 358 g/mol. The molecule has 2 rings (SSSR count). The maximum atomic E-state index is 12.7. The lowest BCUT2D eigenvalue weighted by molar-refractivity contribution is -0.130. The van der Waals surface area contributed by atoms with Gasteiger partial charge in [-0.25, -0.2) is 4.79 Å². The molecule has 0 radical (unpaired) electrons. The average molecular weight is 387 g/mol. The third-order valence-electron chi connectivity index (χ3n) is 5.33. The van der Waals surface area contributed by atoms with Crippen molar-refractivity contribution in [3.05, 3.63) is 46.7 Å². The van der Waals surface area contributed by atoms with Gasteiger partial charge in [0.2, 0.25) is 0 Å². The Hall–Kier alpha value is -2.63. The van der Waals surface area contributed by atoms with E-state index in [4.69, 9.17) is 4.74 Å². The zero-order valence-corrected chi connectivity index (χ0v) is 17.0. The molecule has 1 N–H and O–H groups in total. The zero-order valence-electron chi connectivity index (χ0n) is 17.0. The van der Waals surface area contributed by atoms with E-state index in [1.807, 2.05) is 0 Å². The highest BCUT2D eigenvalue weighted by molar-refractivity contribution is 6.08. The highest BCUT2D eigenvalue weighted by atomic mass is 16.5. The number of hydrogen-bond donors (Lipinski definition) is 1. The van der Waals surface area contributed by atoms with E-state index in [0.717, 1.165) is 25.7 Å². The molecule has 152 valence electrons. The summed E-state index contributed by atoms with van der Waals surface area (Å²) in [6.07, 6.45) is 4.04. The lowest BCUT2D eigenvalue weighted by atomic mass is 9.94. The minimum atomic E-state index is -0.646. The number of carbonyl (C=O) groups is 3. The van der Waals surface area contributed by atoms with Crippen LogP contribution < -0.4 is 0 Å². The smallest absolute Gasteiger partial charge is 0.337 e. The first-order chi connectivity index (χ1) is 13.3. The summed E-state index contributed by atoms with van der Waals surface area (Å²) in [6.45, 7) is 6.03. The molecule has 0 bridgehead atoms. The number of ketones is 1. The molecule has 0 fully saturated rings. The van der Waals surface area contributed by atoms with E-state index in [1.54, 1.807) is 29.2 Å². The van der Waals surface area contributed by atoms with Crippen molar-refractivity contribution in [3.63, 3.8) is 0 Å². The van der Waals surface area contributed by atoms with Gasteiger partial charge in [-0.15, -0.1) is 0 Å². The summed E-state index contributed by atoms with van der Waals surface area (Å²) in [5, 5.41) is 10.4. The van der Waals surface area contributed by atoms with Gasteiger partial charge < -0.3 is 14.7 Å². The summed E-state index contributed by atoms with van der Waals surface area (Å²) in [6, 6.07) is 5.96. The van der Waals surface area contributed by atoms with Crippen LogP contribution >= 0.6 is 0 Å². The van der Waals surface area contributed by atoms with Crippen LogP contribution in [-0.2, 0) is 14.3 Å². The Bertz CT molecular complexity index is 766. The fourth-order valence-electron chi connectivity index (χ4n) is 3.66. The van der Waals surface area contributed by atoms with Gasteiger partial charge in [-0.3, -0.25) is 9.59 Å². The standard InChI is InChI=1S/C22H29NO5/c1-5-7-8-15(6-2)13-23-19(18(14(3)24)20(25)21(23)26)16-9-11-17(12-10-16)22(27)28-4/h9-12,15,19,25H,5-8,13H2,1-4H3/t15-,19-/m0/s1. The van der Waals surface area contributed by atoms with Gasteiger partial charge in [-0.2, -0.15) is 0 Å². The Morgan fingerprint density at radius 1 is 1.21 bits per heavy atom. The first-order valence-corrected chi connectivity index (χ1v) is 9.78. The Morgan fingerprint density at radius 2 is 1.86 bits per heavy atom. The highest BCUT2D eigenvalue weighted by Gasteiger charge is 2.42. The van der Waals surface area contributed by atoms with E-state index in [1.165, 1.54) is 14.0 Å². The molecule has 1 aromatic carbocycles. The second-order valence-corrected chi connectivity index (χ2v) is 7.21. The first kappa shape index (κ1) is 21.7. The molecule has 2 atom stereocenters. The molecule has 0 aromatic heterocycles. The molecule has 6 heteroatoms. The van der Waals surface area contributed by atoms with E-state index in [9.17, 15) is 19.5 Å². The lowest BCUT2D eigenvalue weighted by Gasteiger charge is -2.30. The number of benzene rings is 1. The topological polar surface area (TPSA) is 83.9 Å². The fourth-order valence-corrected chi connectivity index (χ4v) is 3.66. The van der Waals surface area contributed by atoms with Crippen molar-refractivity contribution in [1.29, 1.82) is 0 Å². The number of methoxy groups -OCH3 is 1. The third kappa shape index (κ3) is 4.43. The molecular formula is C22H29NO5. The van der Waals surface area contributed by atoms with Crippen LogP contribution in [0, 0.1) is 5.92 Å².